The molecule has 0 fully saturated rings. The van der Waals surface area contributed by atoms with Gasteiger partial charge in [0.25, 0.3) is 0 Å². The van der Waals surface area contributed by atoms with Crippen molar-refractivity contribution >= 4 is 17.7 Å². The van der Waals surface area contributed by atoms with Crippen molar-refractivity contribution in [1.29, 1.82) is 0 Å². The molecule has 1 heterocycles. The predicted molar refractivity (Wildman–Crippen MR) is 90.4 cm³/mol. The number of benzene rings is 1. The molecule has 0 saturated heterocycles. The molecule has 24 heavy (non-hydrogen) atoms. The van der Waals surface area contributed by atoms with Crippen molar-refractivity contribution in [2.45, 2.75) is 11.7 Å². The van der Waals surface area contributed by atoms with E-state index in [-0.39, 0.29) is 5.75 Å². The summed E-state index contributed by atoms with van der Waals surface area (Å²) in [5.74, 6) is 1.61. The lowest BCUT2D eigenvalue weighted by atomic mass is 10.2. The molecule has 0 radical (unpaired) electrons. The van der Waals surface area contributed by atoms with Crippen molar-refractivity contribution in [2.24, 2.45) is 5.73 Å². The van der Waals surface area contributed by atoms with E-state index in [9.17, 15) is 4.79 Å². The Hall–Kier alpha value is -2.26. The molecule has 0 spiro atoms. The molecule has 0 aliphatic carbocycles. The third-order valence-corrected chi connectivity index (χ3v) is 4.21. The van der Waals surface area contributed by atoms with Crippen LogP contribution in [0.1, 0.15) is 0 Å². The number of hydrogen-bond acceptors (Lipinski definition) is 7. The molecule has 130 valence electrons. The Morgan fingerprint density at radius 2 is 1.96 bits per heavy atom. The predicted octanol–water partition coefficient (Wildman–Crippen LogP) is 1.19. The largest absolute Gasteiger partial charge is 0.493 e. The van der Waals surface area contributed by atoms with E-state index in [1.54, 1.807) is 27.4 Å². The van der Waals surface area contributed by atoms with Gasteiger partial charge < -0.3 is 19.9 Å². The molecule has 0 aliphatic heterocycles. The maximum absolute atomic E-state index is 11.0. The summed E-state index contributed by atoms with van der Waals surface area (Å²) in [6.45, 7) is 1.04. The number of primary amides is 1. The first kappa shape index (κ1) is 18.1. The third kappa shape index (κ3) is 4.18. The summed E-state index contributed by atoms with van der Waals surface area (Å²) in [6, 6.07) is 5.51. The van der Waals surface area contributed by atoms with Crippen molar-refractivity contribution in [3.8, 4) is 22.9 Å². The number of ether oxygens (including phenoxy) is 3. The number of rotatable bonds is 9. The number of methoxy groups -OCH3 is 3. The molecule has 2 rings (SSSR count). The normalized spacial score (nSPS) is 10.6. The first-order chi connectivity index (χ1) is 11.6. The molecule has 0 unspecified atom stereocenters. The van der Waals surface area contributed by atoms with Gasteiger partial charge in [-0.3, -0.25) is 9.36 Å². The second-order valence-corrected chi connectivity index (χ2v) is 5.72. The highest BCUT2D eigenvalue weighted by Crippen LogP contribution is 2.32. The Morgan fingerprint density at radius 3 is 2.58 bits per heavy atom. The number of carbonyl (C=O) groups excluding carboxylic acids is 1. The van der Waals surface area contributed by atoms with E-state index in [0.717, 1.165) is 5.56 Å². The lowest BCUT2D eigenvalue weighted by Crippen LogP contribution is -2.14. The first-order valence-corrected chi connectivity index (χ1v) is 8.15. The molecule has 0 aliphatic rings. The molecular weight excluding hydrogens is 332 g/mol. The Kier molecular flexibility index (Phi) is 6.44. The van der Waals surface area contributed by atoms with Gasteiger partial charge in [-0.05, 0) is 18.2 Å². The van der Waals surface area contributed by atoms with Gasteiger partial charge >= 0.3 is 0 Å². The molecule has 0 atom stereocenters. The van der Waals surface area contributed by atoms with Crippen LogP contribution in [0.25, 0.3) is 11.4 Å². The summed E-state index contributed by atoms with van der Waals surface area (Å²) < 4.78 is 17.6. The number of nitrogens with two attached hydrogens (primary N) is 1. The van der Waals surface area contributed by atoms with Gasteiger partial charge in [0.15, 0.2) is 22.5 Å². The minimum absolute atomic E-state index is 0.136. The number of carbonyl (C=O) groups is 1. The number of nitrogens with zero attached hydrogens (tertiary/aromatic N) is 3. The quantitative estimate of drug-likeness (QED) is 0.676. The van der Waals surface area contributed by atoms with Crippen LogP contribution in [0.5, 0.6) is 11.5 Å². The summed E-state index contributed by atoms with van der Waals surface area (Å²) in [5, 5.41) is 9.00. The smallest absolute Gasteiger partial charge is 0.227 e. The minimum atomic E-state index is -0.408. The van der Waals surface area contributed by atoms with Crippen molar-refractivity contribution in [2.75, 3.05) is 33.7 Å². The Labute approximate surface area is 144 Å². The zero-order chi connectivity index (χ0) is 17.5. The van der Waals surface area contributed by atoms with E-state index >= 15 is 0 Å². The van der Waals surface area contributed by atoms with Gasteiger partial charge in [-0.25, -0.2) is 0 Å². The molecule has 1 aromatic carbocycles. The highest BCUT2D eigenvalue weighted by molar-refractivity contribution is 7.99. The first-order valence-electron chi connectivity index (χ1n) is 7.16. The van der Waals surface area contributed by atoms with Crippen LogP contribution in [0.3, 0.4) is 0 Å². The standard InChI is InChI=1S/C15H20N4O4S/c1-21-7-6-19-14(17-18-15(19)24-9-13(16)20)10-4-5-11(22-2)12(8-10)23-3/h4-5,8H,6-7,9H2,1-3H3,(H2,16,20). The Morgan fingerprint density at radius 1 is 1.21 bits per heavy atom. The van der Waals surface area contributed by atoms with E-state index < -0.39 is 5.91 Å². The summed E-state index contributed by atoms with van der Waals surface area (Å²) in [7, 11) is 4.78. The Balaban J connectivity index is 2.39. The van der Waals surface area contributed by atoms with Gasteiger partial charge in [0, 0.05) is 12.7 Å². The zero-order valence-corrected chi connectivity index (χ0v) is 14.6. The number of amides is 1. The van der Waals surface area contributed by atoms with Gasteiger partial charge in [0.05, 0.1) is 33.1 Å². The average Bonchev–Trinajstić information content (AvgIpc) is 3.00. The SMILES string of the molecule is COCCn1c(SCC(N)=O)nnc1-c1ccc(OC)c(OC)c1. The molecule has 1 aromatic heterocycles. The summed E-state index contributed by atoms with van der Waals surface area (Å²) >= 11 is 1.24. The van der Waals surface area contributed by atoms with Crippen LogP contribution in [0, 0.1) is 0 Å². The maximum atomic E-state index is 11.0. The molecule has 0 bridgehead atoms. The highest BCUT2D eigenvalue weighted by atomic mass is 32.2. The monoisotopic (exact) mass is 352 g/mol. The summed E-state index contributed by atoms with van der Waals surface area (Å²) in [5.41, 5.74) is 6.03. The number of hydrogen-bond donors (Lipinski definition) is 1. The fourth-order valence-electron chi connectivity index (χ4n) is 2.10. The molecule has 2 N–H and O–H groups in total. The van der Waals surface area contributed by atoms with E-state index in [1.165, 1.54) is 11.8 Å². The average molecular weight is 352 g/mol. The molecule has 2 aromatic rings. The van der Waals surface area contributed by atoms with Crippen LogP contribution < -0.4 is 15.2 Å². The van der Waals surface area contributed by atoms with Crippen molar-refractivity contribution in [1.82, 2.24) is 14.8 Å². The summed E-state index contributed by atoms with van der Waals surface area (Å²) in [6.07, 6.45) is 0. The van der Waals surface area contributed by atoms with E-state index in [2.05, 4.69) is 10.2 Å². The van der Waals surface area contributed by atoms with Crippen molar-refractivity contribution in [3.05, 3.63) is 18.2 Å². The van der Waals surface area contributed by atoms with E-state index in [4.69, 9.17) is 19.9 Å². The molecule has 9 heteroatoms. The van der Waals surface area contributed by atoms with Gasteiger partial charge in [0.2, 0.25) is 5.91 Å². The lowest BCUT2D eigenvalue weighted by molar-refractivity contribution is -0.115. The van der Waals surface area contributed by atoms with E-state index in [0.29, 0.717) is 35.6 Å². The van der Waals surface area contributed by atoms with Gasteiger partial charge in [-0.15, -0.1) is 10.2 Å². The summed E-state index contributed by atoms with van der Waals surface area (Å²) in [4.78, 5) is 11.0. The van der Waals surface area contributed by atoms with Crippen LogP contribution in [0.2, 0.25) is 0 Å². The second-order valence-electron chi connectivity index (χ2n) is 4.78. The van der Waals surface area contributed by atoms with Gasteiger partial charge in [-0.1, -0.05) is 11.8 Å². The lowest BCUT2D eigenvalue weighted by Gasteiger charge is -2.11. The van der Waals surface area contributed by atoms with Crippen LogP contribution in [-0.2, 0) is 16.1 Å². The van der Waals surface area contributed by atoms with Crippen LogP contribution in [-0.4, -0.2) is 54.4 Å². The third-order valence-electron chi connectivity index (χ3n) is 3.22. The molecular formula is C15H20N4O4S. The molecule has 1 amide bonds. The van der Waals surface area contributed by atoms with E-state index in [1.807, 2.05) is 16.7 Å². The second kappa shape index (κ2) is 8.55. The Bertz CT molecular complexity index is 705. The topological polar surface area (TPSA) is 101 Å². The van der Waals surface area contributed by atoms with Crippen LogP contribution >= 0.6 is 11.8 Å². The van der Waals surface area contributed by atoms with Crippen molar-refractivity contribution < 1.29 is 19.0 Å². The fourth-order valence-corrected chi connectivity index (χ4v) is 2.81. The van der Waals surface area contributed by atoms with Crippen LogP contribution in [0.4, 0.5) is 0 Å². The maximum Gasteiger partial charge on any atom is 0.227 e. The highest BCUT2D eigenvalue weighted by Gasteiger charge is 2.16. The fraction of sp³-hybridized carbons (Fsp3) is 0.400. The zero-order valence-electron chi connectivity index (χ0n) is 13.8. The van der Waals surface area contributed by atoms with Crippen molar-refractivity contribution in [3.63, 3.8) is 0 Å². The minimum Gasteiger partial charge on any atom is -0.493 e. The van der Waals surface area contributed by atoms with Crippen LogP contribution in [0.15, 0.2) is 23.4 Å². The van der Waals surface area contributed by atoms with Gasteiger partial charge in [0.1, 0.15) is 0 Å². The molecule has 0 saturated carbocycles. The number of aromatic nitrogens is 3. The van der Waals surface area contributed by atoms with Gasteiger partial charge in [-0.2, -0.15) is 0 Å². The number of thioether (sulfide) groups is 1. The molecule has 8 nitrogen and oxygen atoms in total.